The van der Waals surface area contributed by atoms with Gasteiger partial charge in [0.15, 0.2) is 0 Å². The first-order valence-electron chi connectivity index (χ1n) is 5.51. The van der Waals surface area contributed by atoms with Crippen molar-refractivity contribution in [3.05, 3.63) is 29.3 Å². The second-order valence-electron chi connectivity index (χ2n) is 3.96. The molecule has 0 saturated heterocycles. The second kappa shape index (κ2) is 5.40. The van der Waals surface area contributed by atoms with Crippen LogP contribution in [0.25, 0.3) is 0 Å². The predicted molar refractivity (Wildman–Crippen MR) is 62.9 cm³/mol. The highest BCUT2D eigenvalue weighted by Gasteiger charge is 2.33. The van der Waals surface area contributed by atoms with Crippen LogP contribution in [0.4, 0.5) is 18.9 Å². The molecule has 0 aromatic heterocycles. The zero-order valence-corrected chi connectivity index (χ0v) is 10.0. The molecule has 2 nitrogen and oxygen atoms in total. The maximum Gasteiger partial charge on any atom is 0.416 e. The predicted octanol–water partition coefficient (Wildman–Crippen LogP) is 3.01. The first kappa shape index (κ1) is 13.8. The smallest absolute Gasteiger partial charge is 0.375 e. The maximum atomic E-state index is 12.8. The van der Waals surface area contributed by atoms with Gasteiger partial charge < -0.3 is 10.6 Å². The molecule has 0 fully saturated rings. The molecule has 0 radical (unpaired) electrons. The fraction of sp³-hybridized carbons (Fsp3) is 0.500. The number of nitrogens with zero attached hydrogens (tertiary/aromatic N) is 1. The number of nitrogens with two attached hydrogens (primary N) is 1. The summed E-state index contributed by atoms with van der Waals surface area (Å²) >= 11 is 0. The summed E-state index contributed by atoms with van der Waals surface area (Å²) in [4.78, 5) is 1.80. The van der Waals surface area contributed by atoms with Crippen molar-refractivity contribution in [1.82, 2.24) is 0 Å². The van der Waals surface area contributed by atoms with Gasteiger partial charge in [0.2, 0.25) is 0 Å². The summed E-state index contributed by atoms with van der Waals surface area (Å²) in [5, 5.41) is 0. The van der Waals surface area contributed by atoms with Crippen molar-refractivity contribution in [3.63, 3.8) is 0 Å². The van der Waals surface area contributed by atoms with E-state index in [1.165, 1.54) is 6.07 Å². The molecule has 0 heterocycles. The Hall–Kier alpha value is -1.23. The minimum absolute atomic E-state index is 0.105. The van der Waals surface area contributed by atoms with Gasteiger partial charge in [-0.2, -0.15) is 13.2 Å². The highest BCUT2D eigenvalue weighted by Crippen LogP contribution is 2.34. The van der Waals surface area contributed by atoms with E-state index >= 15 is 0 Å². The normalized spacial score (nSPS) is 11.6. The quantitative estimate of drug-likeness (QED) is 0.884. The van der Waals surface area contributed by atoms with Crippen LogP contribution in [0, 0.1) is 0 Å². The lowest BCUT2D eigenvalue weighted by Crippen LogP contribution is -2.19. The third kappa shape index (κ3) is 3.36. The molecule has 0 unspecified atom stereocenters. The van der Waals surface area contributed by atoms with Gasteiger partial charge in [-0.05, 0) is 24.1 Å². The lowest BCUT2D eigenvalue weighted by Gasteiger charge is -2.21. The van der Waals surface area contributed by atoms with Gasteiger partial charge in [-0.1, -0.05) is 13.0 Å². The lowest BCUT2D eigenvalue weighted by atomic mass is 10.1. The molecular weight excluding hydrogens is 229 g/mol. The van der Waals surface area contributed by atoms with E-state index in [0.29, 0.717) is 5.69 Å². The van der Waals surface area contributed by atoms with Crippen molar-refractivity contribution >= 4 is 5.69 Å². The number of alkyl halides is 3. The highest BCUT2D eigenvalue weighted by molar-refractivity contribution is 5.51. The van der Waals surface area contributed by atoms with Gasteiger partial charge in [-0.25, -0.2) is 0 Å². The molecule has 0 atom stereocenters. The number of benzene rings is 1. The first-order chi connectivity index (χ1) is 7.90. The molecule has 17 heavy (non-hydrogen) atoms. The third-order valence-corrected chi connectivity index (χ3v) is 2.62. The van der Waals surface area contributed by atoms with Gasteiger partial charge >= 0.3 is 6.18 Å². The first-order valence-corrected chi connectivity index (χ1v) is 5.51. The average Bonchev–Trinajstić information content (AvgIpc) is 2.27. The van der Waals surface area contributed by atoms with E-state index in [9.17, 15) is 13.2 Å². The van der Waals surface area contributed by atoms with Crippen molar-refractivity contribution in [2.75, 3.05) is 18.5 Å². The molecule has 1 rings (SSSR count). The Labute approximate surface area is 99.2 Å². The summed E-state index contributed by atoms with van der Waals surface area (Å²) in [5.74, 6) is 0. The van der Waals surface area contributed by atoms with E-state index in [4.69, 9.17) is 5.73 Å². The standard InChI is InChI=1S/C12H17F3N2/c1-3-6-17(2)10-5-4-9(8-16)11(7-10)12(13,14)15/h4-5,7H,3,6,8,16H2,1-2H3. The summed E-state index contributed by atoms with van der Waals surface area (Å²) < 4.78 is 38.4. The van der Waals surface area contributed by atoms with Gasteiger partial charge in [0.25, 0.3) is 0 Å². The summed E-state index contributed by atoms with van der Waals surface area (Å²) in [6.45, 7) is 2.60. The van der Waals surface area contributed by atoms with Crippen LogP contribution in [0.5, 0.6) is 0 Å². The van der Waals surface area contributed by atoms with Gasteiger partial charge in [-0.15, -0.1) is 0 Å². The molecule has 5 heteroatoms. The maximum absolute atomic E-state index is 12.8. The number of anilines is 1. The van der Waals surface area contributed by atoms with Crippen molar-refractivity contribution in [2.45, 2.75) is 26.1 Å². The Bertz CT molecular complexity index is 375. The average molecular weight is 246 g/mol. The Morgan fingerprint density at radius 3 is 2.41 bits per heavy atom. The summed E-state index contributed by atoms with van der Waals surface area (Å²) in [7, 11) is 1.78. The molecule has 0 spiro atoms. The summed E-state index contributed by atoms with van der Waals surface area (Å²) in [6.07, 6.45) is -3.46. The topological polar surface area (TPSA) is 29.3 Å². The Kier molecular flexibility index (Phi) is 4.40. The Morgan fingerprint density at radius 1 is 1.29 bits per heavy atom. The minimum atomic E-state index is -4.35. The molecule has 0 aliphatic heterocycles. The molecule has 0 aliphatic carbocycles. The van der Waals surface area contributed by atoms with Gasteiger partial charge in [0.05, 0.1) is 5.56 Å². The Balaban J connectivity index is 3.13. The van der Waals surface area contributed by atoms with Crippen molar-refractivity contribution in [3.8, 4) is 0 Å². The summed E-state index contributed by atoms with van der Waals surface area (Å²) in [6, 6.07) is 4.29. The van der Waals surface area contributed by atoms with Crippen molar-refractivity contribution < 1.29 is 13.2 Å². The molecule has 0 aliphatic rings. The van der Waals surface area contributed by atoms with Crippen LogP contribution in [-0.2, 0) is 12.7 Å². The minimum Gasteiger partial charge on any atom is -0.375 e. The Morgan fingerprint density at radius 2 is 1.94 bits per heavy atom. The second-order valence-corrected chi connectivity index (χ2v) is 3.96. The number of hydrogen-bond donors (Lipinski definition) is 1. The van der Waals surface area contributed by atoms with Gasteiger partial charge in [0, 0.05) is 25.8 Å². The molecule has 1 aromatic rings. The number of halogens is 3. The largest absolute Gasteiger partial charge is 0.416 e. The van der Waals surface area contributed by atoms with Crippen LogP contribution >= 0.6 is 0 Å². The van der Waals surface area contributed by atoms with Gasteiger partial charge in [0.1, 0.15) is 0 Å². The van der Waals surface area contributed by atoms with Crippen LogP contribution in [0.15, 0.2) is 18.2 Å². The van der Waals surface area contributed by atoms with Crippen molar-refractivity contribution in [2.24, 2.45) is 5.73 Å². The van der Waals surface area contributed by atoms with Crippen LogP contribution in [0.3, 0.4) is 0 Å². The SMILES string of the molecule is CCCN(C)c1ccc(CN)c(C(F)(F)F)c1. The summed E-state index contributed by atoms with van der Waals surface area (Å²) in [5.41, 5.74) is 5.38. The molecule has 96 valence electrons. The zero-order chi connectivity index (χ0) is 13.1. The monoisotopic (exact) mass is 246 g/mol. The van der Waals surface area contributed by atoms with Crippen LogP contribution in [0.1, 0.15) is 24.5 Å². The highest BCUT2D eigenvalue weighted by atomic mass is 19.4. The lowest BCUT2D eigenvalue weighted by molar-refractivity contribution is -0.138. The van der Waals surface area contributed by atoms with Crippen LogP contribution in [0.2, 0.25) is 0 Å². The van der Waals surface area contributed by atoms with E-state index in [-0.39, 0.29) is 12.1 Å². The van der Waals surface area contributed by atoms with E-state index in [2.05, 4.69) is 0 Å². The van der Waals surface area contributed by atoms with E-state index < -0.39 is 11.7 Å². The van der Waals surface area contributed by atoms with E-state index in [1.54, 1.807) is 18.0 Å². The molecular formula is C12H17F3N2. The fourth-order valence-electron chi connectivity index (χ4n) is 1.71. The van der Waals surface area contributed by atoms with Gasteiger partial charge in [-0.3, -0.25) is 0 Å². The van der Waals surface area contributed by atoms with Crippen molar-refractivity contribution in [1.29, 1.82) is 0 Å². The number of hydrogen-bond acceptors (Lipinski definition) is 2. The zero-order valence-electron chi connectivity index (χ0n) is 10.0. The fourth-order valence-corrected chi connectivity index (χ4v) is 1.71. The molecule has 0 bridgehead atoms. The van der Waals surface area contributed by atoms with Crippen LogP contribution < -0.4 is 10.6 Å². The van der Waals surface area contributed by atoms with E-state index in [1.807, 2.05) is 6.92 Å². The van der Waals surface area contributed by atoms with Crippen LogP contribution in [-0.4, -0.2) is 13.6 Å². The molecule has 1 aromatic carbocycles. The van der Waals surface area contributed by atoms with E-state index in [0.717, 1.165) is 19.0 Å². The number of rotatable bonds is 4. The molecule has 0 saturated carbocycles. The third-order valence-electron chi connectivity index (χ3n) is 2.62. The molecule has 0 amide bonds. The molecule has 2 N–H and O–H groups in total.